The highest BCUT2D eigenvalue weighted by Gasteiger charge is 2.53. The van der Waals surface area contributed by atoms with Gasteiger partial charge < -0.3 is 4.74 Å². The molecule has 0 radical (unpaired) electrons. The summed E-state index contributed by atoms with van der Waals surface area (Å²) in [5.74, 6) is 0.579. The van der Waals surface area contributed by atoms with Gasteiger partial charge in [-0.15, -0.1) is 0 Å². The molecule has 2 fully saturated rings. The topological polar surface area (TPSA) is 58.6 Å². The van der Waals surface area contributed by atoms with Crippen molar-refractivity contribution in [2.75, 3.05) is 12.0 Å². The van der Waals surface area contributed by atoms with Crippen molar-refractivity contribution in [3.05, 3.63) is 24.3 Å². The Morgan fingerprint density at radius 3 is 2.35 bits per heavy atom. The monoisotopic (exact) mass is 274 g/mol. The van der Waals surface area contributed by atoms with Crippen molar-refractivity contribution < 1.29 is 14.3 Å². The minimum atomic E-state index is -0.691. The van der Waals surface area contributed by atoms with Gasteiger partial charge >= 0.3 is 6.03 Å². The van der Waals surface area contributed by atoms with Crippen LogP contribution in [-0.4, -0.2) is 24.6 Å². The summed E-state index contributed by atoms with van der Waals surface area (Å²) in [6, 6.07) is 6.95. The predicted molar refractivity (Wildman–Crippen MR) is 74.8 cm³/mol. The quantitative estimate of drug-likeness (QED) is 0.843. The van der Waals surface area contributed by atoms with E-state index < -0.39 is 5.54 Å². The molecule has 1 spiro atoms. The zero-order chi connectivity index (χ0) is 14.2. The second-order valence-corrected chi connectivity index (χ2v) is 5.38. The number of rotatable bonds is 2. The average molecular weight is 274 g/mol. The first-order valence-electron chi connectivity index (χ1n) is 6.97. The van der Waals surface area contributed by atoms with Crippen molar-refractivity contribution >= 4 is 17.6 Å². The first-order valence-corrected chi connectivity index (χ1v) is 6.97. The van der Waals surface area contributed by atoms with Crippen LogP contribution in [-0.2, 0) is 4.79 Å². The Morgan fingerprint density at radius 2 is 1.75 bits per heavy atom. The van der Waals surface area contributed by atoms with Crippen molar-refractivity contribution in [3.8, 4) is 5.75 Å². The van der Waals surface area contributed by atoms with Gasteiger partial charge in [-0.25, -0.2) is 4.79 Å². The van der Waals surface area contributed by atoms with E-state index in [9.17, 15) is 9.59 Å². The number of benzene rings is 1. The Kier molecular flexibility index (Phi) is 3.12. The predicted octanol–water partition coefficient (Wildman–Crippen LogP) is 2.45. The average Bonchev–Trinajstić information content (AvgIpc) is 2.71. The van der Waals surface area contributed by atoms with Crippen LogP contribution in [0, 0.1) is 0 Å². The smallest absolute Gasteiger partial charge is 0.329 e. The van der Waals surface area contributed by atoms with Crippen molar-refractivity contribution in [3.63, 3.8) is 0 Å². The molecule has 0 atom stereocenters. The summed E-state index contributed by atoms with van der Waals surface area (Å²) in [5, 5.41) is 2.47. The van der Waals surface area contributed by atoms with Crippen molar-refractivity contribution in [1.29, 1.82) is 0 Å². The van der Waals surface area contributed by atoms with Crippen molar-refractivity contribution in [2.24, 2.45) is 0 Å². The minimum absolute atomic E-state index is 0.155. The number of carbonyl (C=O) groups is 2. The highest BCUT2D eigenvalue weighted by Crippen LogP contribution is 2.40. The number of methoxy groups -OCH3 is 1. The molecule has 1 aromatic carbocycles. The molecular formula is C15H18N2O3. The van der Waals surface area contributed by atoms with Gasteiger partial charge in [-0.2, -0.15) is 0 Å². The second-order valence-electron chi connectivity index (χ2n) is 5.38. The molecule has 0 bridgehead atoms. The second kappa shape index (κ2) is 4.81. The van der Waals surface area contributed by atoms with Crippen LogP contribution >= 0.6 is 0 Å². The minimum Gasteiger partial charge on any atom is -0.497 e. The molecule has 1 aliphatic carbocycles. The molecule has 0 aromatic heterocycles. The number of anilines is 1. The van der Waals surface area contributed by atoms with E-state index in [1.807, 2.05) is 24.3 Å². The lowest BCUT2D eigenvalue weighted by molar-refractivity contribution is -0.124. The van der Waals surface area contributed by atoms with E-state index >= 15 is 0 Å². The first kappa shape index (κ1) is 13.0. The van der Waals surface area contributed by atoms with Gasteiger partial charge in [-0.1, -0.05) is 19.3 Å². The van der Waals surface area contributed by atoms with Gasteiger partial charge in [0.2, 0.25) is 0 Å². The van der Waals surface area contributed by atoms with Gasteiger partial charge in [0.15, 0.2) is 0 Å². The Bertz CT molecular complexity index is 533. The van der Waals surface area contributed by atoms with Crippen LogP contribution in [0.5, 0.6) is 5.75 Å². The Morgan fingerprint density at radius 1 is 1.10 bits per heavy atom. The van der Waals surface area contributed by atoms with Crippen LogP contribution in [0.3, 0.4) is 0 Å². The molecule has 0 unspecified atom stereocenters. The molecule has 3 rings (SSSR count). The Balaban J connectivity index is 1.99. The molecule has 2 aliphatic rings. The number of hydrogen-bond acceptors (Lipinski definition) is 3. The molecule has 1 aliphatic heterocycles. The lowest BCUT2D eigenvalue weighted by Gasteiger charge is -2.38. The van der Waals surface area contributed by atoms with E-state index in [0.29, 0.717) is 0 Å². The molecule has 1 heterocycles. The third kappa shape index (κ3) is 1.85. The summed E-state index contributed by atoms with van der Waals surface area (Å²) < 4.78 is 5.13. The van der Waals surface area contributed by atoms with Gasteiger partial charge in [0.25, 0.3) is 5.91 Å². The van der Waals surface area contributed by atoms with E-state index in [2.05, 4.69) is 5.32 Å². The SMILES string of the molecule is COc1ccc(N2C(=O)NC(=O)C23CCCCC3)cc1. The number of carbonyl (C=O) groups excluding carboxylic acids is 2. The zero-order valence-electron chi connectivity index (χ0n) is 11.5. The summed E-state index contributed by atoms with van der Waals surface area (Å²) in [4.78, 5) is 26.1. The molecule has 3 amide bonds. The molecule has 20 heavy (non-hydrogen) atoms. The number of ether oxygens (including phenoxy) is 1. The summed E-state index contributed by atoms with van der Waals surface area (Å²) >= 11 is 0. The highest BCUT2D eigenvalue weighted by molar-refractivity contribution is 6.17. The number of amides is 3. The number of hydrogen-bond donors (Lipinski definition) is 1. The zero-order valence-corrected chi connectivity index (χ0v) is 11.5. The summed E-state index contributed by atoms with van der Waals surface area (Å²) in [6.45, 7) is 0. The van der Waals surface area contributed by atoms with Gasteiger partial charge in [0.1, 0.15) is 11.3 Å². The molecular weight excluding hydrogens is 256 g/mol. The van der Waals surface area contributed by atoms with E-state index in [0.717, 1.165) is 43.5 Å². The van der Waals surface area contributed by atoms with Gasteiger partial charge in [0.05, 0.1) is 7.11 Å². The van der Waals surface area contributed by atoms with Crippen molar-refractivity contribution in [2.45, 2.75) is 37.6 Å². The van der Waals surface area contributed by atoms with Crippen LogP contribution in [0.25, 0.3) is 0 Å². The number of nitrogens with zero attached hydrogens (tertiary/aromatic N) is 1. The maximum absolute atomic E-state index is 12.3. The molecule has 1 saturated heterocycles. The molecule has 5 heteroatoms. The van der Waals surface area contributed by atoms with Gasteiger partial charge in [-0.05, 0) is 37.1 Å². The molecule has 1 aromatic rings. The van der Waals surface area contributed by atoms with E-state index in [4.69, 9.17) is 4.74 Å². The summed E-state index contributed by atoms with van der Waals surface area (Å²) in [5.41, 5.74) is 0.0558. The molecule has 1 saturated carbocycles. The van der Waals surface area contributed by atoms with Crippen molar-refractivity contribution in [1.82, 2.24) is 5.32 Å². The van der Waals surface area contributed by atoms with Gasteiger partial charge in [-0.3, -0.25) is 15.0 Å². The maximum Gasteiger partial charge on any atom is 0.329 e. The fraction of sp³-hybridized carbons (Fsp3) is 0.467. The van der Waals surface area contributed by atoms with Crippen LogP contribution in [0.15, 0.2) is 24.3 Å². The summed E-state index contributed by atoms with van der Waals surface area (Å²) in [7, 11) is 1.60. The lowest BCUT2D eigenvalue weighted by atomic mass is 9.80. The number of urea groups is 1. The fourth-order valence-corrected chi connectivity index (χ4v) is 3.25. The maximum atomic E-state index is 12.3. The molecule has 1 N–H and O–H groups in total. The summed E-state index contributed by atoms with van der Waals surface area (Å²) in [6.07, 6.45) is 4.55. The third-order valence-electron chi connectivity index (χ3n) is 4.29. The van der Waals surface area contributed by atoms with E-state index in [1.165, 1.54) is 0 Å². The fourth-order valence-electron chi connectivity index (χ4n) is 3.25. The normalized spacial score (nSPS) is 21.1. The van der Waals surface area contributed by atoms with Crippen LogP contribution < -0.4 is 15.0 Å². The third-order valence-corrected chi connectivity index (χ3v) is 4.29. The van der Waals surface area contributed by atoms with Crippen LogP contribution in [0.2, 0.25) is 0 Å². The van der Waals surface area contributed by atoms with E-state index in [1.54, 1.807) is 12.0 Å². The Hall–Kier alpha value is -2.04. The number of nitrogens with one attached hydrogen (secondary N) is 1. The van der Waals surface area contributed by atoms with Crippen LogP contribution in [0.4, 0.5) is 10.5 Å². The highest BCUT2D eigenvalue weighted by atomic mass is 16.5. The van der Waals surface area contributed by atoms with Gasteiger partial charge in [0, 0.05) is 5.69 Å². The number of imide groups is 1. The van der Waals surface area contributed by atoms with Crippen LogP contribution in [0.1, 0.15) is 32.1 Å². The Labute approximate surface area is 117 Å². The standard InChI is InChI=1S/C15H18N2O3/c1-20-12-7-5-11(6-8-12)17-14(19)16-13(18)15(17)9-3-2-4-10-15/h5-8H,2-4,9-10H2,1H3,(H,16,18,19). The first-order chi connectivity index (χ1) is 9.67. The molecule has 5 nitrogen and oxygen atoms in total. The van der Waals surface area contributed by atoms with E-state index in [-0.39, 0.29) is 11.9 Å². The molecule has 106 valence electrons. The largest absolute Gasteiger partial charge is 0.497 e. The lowest BCUT2D eigenvalue weighted by Crippen LogP contribution is -2.51.